The highest BCUT2D eigenvalue weighted by Gasteiger charge is 2.27. The number of benzene rings is 1. The molecule has 0 spiro atoms. The van der Waals surface area contributed by atoms with Crippen LogP contribution in [0.5, 0.6) is 5.75 Å². The number of rotatable bonds is 6. The lowest BCUT2D eigenvalue weighted by atomic mass is 10.1. The molecule has 2 heterocycles. The van der Waals surface area contributed by atoms with Gasteiger partial charge in [0.2, 0.25) is 0 Å². The summed E-state index contributed by atoms with van der Waals surface area (Å²) in [5, 5.41) is 0. The van der Waals surface area contributed by atoms with Crippen molar-refractivity contribution in [2.24, 2.45) is 11.7 Å². The van der Waals surface area contributed by atoms with Crippen LogP contribution in [0.25, 0.3) is 0 Å². The van der Waals surface area contributed by atoms with E-state index < -0.39 is 0 Å². The van der Waals surface area contributed by atoms with Crippen LogP contribution >= 0.6 is 12.4 Å². The zero-order chi connectivity index (χ0) is 15.4. The predicted octanol–water partition coefficient (Wildman–Crippen LogP) is 2.84. The van der Waals surface area contributed by atoms with Crippen molar-refractivity contribution in [3.05, 3.63) is 29.8 Å². The van der Waals surface area contributed by atoms with E-state index in [0.29, 0.717) is 18.6 Å². The van der Waals surface area contributed by atoms with E-state index in [0.717, 1.165) is 44.8 Å². The first-order valence-corrected chi connectivity index (χ1v) is 8.52. The fourth-order valence-corrected chi connectivity index (χ4v) is 3.50. The molecular weight excluding hydrogens is 312 g/mol. The van der Waals surface area contributed by atoms with Gasteiger partial charge in [-0.15, -0.1) is 12.4 Å². The molecule has 2 aliphatic heterocycles. The van der Waals surface area contributed by atoms with Gasteiger partial charge in [-0.1, -0.05) is 12.1 Å². The fourth-order valence-electron chi connectivity index (χ4n) is 3.50. The van der Waals surface area contributed by atoms with Gasteiger partial charge in [0.1, 0.15) is 12.4 Å². The van der Waals surface area contributed by atoms with Crippen LogP contribution in [0.4, 0.5) is 0 Å². The number of likely N-dealkylation sites (tertiary alicyclic amines) is 1. The zero-order valence-electron chi connectivity index (χ0n) is 13.9. The van der Waals surface area contributed by atoms with Crippen molar-refractivity contribution in [1.82, 2.24) is 4.90 Å². The van der Waals surface area contributed by atoms with Crippen LogP contribution in [0.3, 0.4) is 0 Å². The maximum Gasteiger partial charge on any atom is 0.119 e. The van der Waals surface area contributed by atoms with E-state index in [1.165, 1.54) is 12.0 Å². The van der Waals surface area contributed by atoms with E-state index in [9.17, 15) is 0 Å². The molecule has 1 aromatic carbocycles. The highest BCUT2D eigenvalue weighted by molar-refractivity contribution is 5.85. The number of nitrogens with two attached hydrogens (primary N) is 1. The van der Waals surface area contributed by atoms with Crippen LogP contribution < -0.4 is 10.5 Å². The molecule has 130 valence electrons. The Hall–Kier alpha value is -0.810. The monoisotopic (exact) mass is 340 g/mol. The van der Waals surface area contributed by atoms with Gasteiger partial charge in [-0.3, -0.25) is 4.90 Å². The van der Waals surface area contributed by atoms with Gasteiger partial charge >= 0.3 is 0 Å². The molecular formula is C18H29ClN2O2. The Labute approximate surface area is 145 Å². The number of ether oxygens (including phenoxy) is 2. The first-order valence-electron chi connectivity index (χ1n) is 8.52. The second-order valence-corrected chi connectivity index (χ2v) is 6.71. The Morgan fingerprint density at radius 3 is 2.70 bits per heavy atom. The maximum absolute atomic E-state index is 5.82. The highest BCUT2D eigenvalue weighted by Crippen LogP contribution is 2.25. The van der Waals surface area contributed by atoms with Gasteiger partial charge in [-0.2, -0.15) is 0 Å². The summed E-state index contributed by atoms with van der Waals surface area (Å²) in [5.74, 6) is 1.59. The number of hydrogen-bond acceptors (Lipinski definition) is 4. The summed E-state index contributed by atoms with van der Waals surface area (Å²) in [6, 6.07) is 9.13. The summed E-state index contributed by atoms with van der Waals surface area (Å²) >= 11 is 0. The van der Waals surface area contributed by atoms with Gasteiger partial charge in [-0.05, 0) is 56.3 Å². The van der Waals surface area contributed by atoms with Gasteiger partial charge in [0, 0.05) is 25.7 Å². The first-order chi connectivity index (χ1) is 10.7. The van der Waals surface area contributed by atoms with Gasteiger partial charge in [-0.25, -0.2) is 0 Å². The topological polar surface area (TPSA) is 47.7 Å². The molecule has 2 fully saturated rings. The minimum absolute atomic E-state index is 0. The van der Waals surface area contributed by atoms with Gasteiger partial charge in [0.25, 0.3) is 0 Å². The Morgan fingerprint density at radius 2 is 2.09 bits per heavy atom. The molecule has 2 N–H and O–H groups in total. The van der Waals surface area contributed by atoms with Gasteiger partial charge < -0.3 is 15.2 Å². The van der Waals surface area contributed by atoms with Crippen LogP contribution in [-0.2, 0) is 11.3 Å². The van der Waals surface area contributed by atoms with Crippen molar-refractivity contribution in [2.45, 2.75) is 44.9 Å². The Morgan fingerprint density at radius 1 is 1.30 bits per heavy atom. The highest BCUT2D eigenvalue weighted by atomic mass is 35.5. The van der Waals surface area contributed by atoms with Crippen LogP contribution in [-0.4, -0.2) is 43.3 Å². The average Bonchev–Trinajstić information content (AvgIpc) is 3.17. The van der Waals surface area contributed by atoms with Crippen molar-refractivity contribution in [3.63, 3.8) is 0 Å². The van der Waals surface area contributed by atoms with Crippen LogP contribution in [0.15, 0.2) is 24.3 Å². The molecule has 23 heavy (non-hydrogen) atoms. The van der Waals surface area contributed by atoms with E-state index in [1.54, 1.807) is 0 Å². The van der Waals surface area contributed by atoms with E-state index >= 15 is 0 Å². The smallest absolute Gasteiger partial charge is 0.119 e. The molecule has 3 unspecified atom stereocenters. The van der Waals surface area contributed by atoms with Crippen molar-refractivity contribution in [1.29, 1.82) is 0 Å². The molecule has 2 saturated heterocycles. The number of nitrogens with zero attached hydrogens (tertiary/aromatic N) is 1. The zero-order valence-corrected chi connectivity index (χ0v) is 14.8. The first kappa shape index (κ1) is 18.5. The molecule has 0 aliphatic carbocycles. The maximum atomic E-state index is 5.82. The minimum atomic E-state index is 0. The molecule has 2 aliphatic rings. The van der Waals surface area contributed by atoms with Gasteiger partial charge in [0.15, 0.2) is 0 Å². The Balaban J connectivity index is 0.00000192. The second-order valence-electron chi connectivity index (χ2n) is 6.71. The Bertz CT molecular complexity index is 463. The van der Waals surface area contributed by atoms with Crippen LogP contribution in [0, 0.1) is 5.92 Å². The quantitative estimate of drug-likeness (QED) is 0.865. The molecule has 5 heteroatoms. The van der Waals surface area contributed by atoms with Crippen LogP contribution in [0.2, 0.25) is 0 Å². The summed E-state index contributed by atoms with van der Waals surface area (Å²) in [6.07, 6.45) is 3.77. The third kappa shape index (κ3) is 5.08. The molecule has 3 rings (SSSR count). The van der Waals surface area contributed by atoms with Crippen LogP contribution in [0.1, 0.15) is 31.7 Å². The number of hydrogen-bond donors (Lipinski definition) is 1. The molecule has 1 aromatic rings. The molecule has 0 aromatic heterocycles. The normalized spacial score (nSPS) is 27.8. The standard InChI is InChI=1S/C18H28N2O2.ClH/c1-14-9-16(10-19)12-20(14)11-15-4-6-17(7-5-15)22-13-18-3-2-8-21-18;/h4-7,14,16,18H,2-3,8-13,19H2,1H3;1H. The molecule has 0 radical (unpaired) electrons. The van der Waals surface area contributed by atoms with Gasteiger partial charge in [0.05, 0.1) is 6.10 Å². The lowest BCUT2D eigenvalue weighted by Gasteiger charge is -2.21. The SMILES string of the molecule is CC1CC(CN)CN1Cc1ccc(OCC2CCCO2)cc1.Cl. The average molecular weight is 341 g/mol. The lowest BCUT2D eigenvalue weighted by Crippen LogP contribution is -2.27. The lowest BCUT2D eigenvalue weighted by molar-refractivity contribution is 0.0679. The van der Waals surface area contributed by atoms with E-state index in [-0.39, 0.29) is 18.5 Å². The summed E-state index contributed by atoms with van der Waals surface area (Å²) in [5.41, 5.74) is 7.14. The molecule has 3 atom stereocenters. The molecule has 0 saturated carbocycles. The largest absolute Gasteiger partial charge is 0.491 e. The van der Waals surface area contributed by atoms with Crippen molar-refractivity contribution in [2.75, 3.05) is 26.3 Å². The summed E-state index contributed by atoms with van der Waals surface area (Å²) in [7, 11) is 0. The molecule has 0 bridgehead atoms. The van der Waals surface area contributed by atoms with Crippen molar-refractivity contribution < 1.29 is 9.47 Å². The Kier molecular flexibility index (Phi) is 7.15. The summed E-state index contributed by atoms with van der Waals surface area (Å²) in [4.78, 5) is 2.53. The molecule has 4 nitrogen and oxygen atoms in total. The summed E-state index contributed by atoms with van der Waals surface area (Å²) < 4.78 is 11.4. The van der Waals surface area contributed by atoms with E-state index in [2.05, 4.69) is 36.1 Å². The molecule has 0 amide bonds. The van der Waals surface area contributed by atoms with Crippen molar-refractivity contribution in [3.8, 4) is 5.75 Å². The minimum Gasteiger partial charge on any atom is -0.491 e. The third-order valence-corrected chi connectivity index (χ3v) is 4.89. The van der Waals surface area contributed by atoms with E-state index in [4.69, 9.17) is 15.2 Å². The third-order valence-electron chi connectivity index (χ3n) is 4.89. The summed E-state index contributed by atoms with van der Waals surface area (Å²) in [6.45, 7) is 6.77. The fraction of sp³-hybridized carbons (Fsp3) is 0.667. The second kappa shape index (κ2) is 8.88. The predicted molar refractivity (Wildman–Crippen MR) is 95.2 cm³/mol. The number of halogens is 1. The van der Waals surface area contributed by atoms with E-state index in [1.807, 2.05) is 0 Å². The van der Waals surface area contributed by atoms with Crippen molar-refractivity contribution >= 4 is 12.4 Å².